The molecule has 0 fully saturated rings. The van der Waals surface area contributed by atoms with Gasteiger partial charge in [-0.25, -0.2) is 4.79 Å². The lowest BCUT2D eigenvalue weighted by Crippen LogP contribution is -2.48. The van der Waals surface area contributed by atoms with E-state index in [9.17, 15) is 26.7 Å². The predicted octanol–water partition coefficient (Wildman–Crippen LogP) is 2.66. The molecule has 0 saturated carbocycles. The van der Waals surface area contributed by atoms with Crippen LogP contribution >= 0.6 is 0 Å². The second-order valence-electron chi connectivity index (χ2n) is 2.40. The van der Waals surface area contributed by atoms with E-state index >= 15 is 0 Å². The van der Waals surface area contributed by atoms with Crippen molar-refractivity contribution in [3.8, 4) is 0 Å². The molecule has 0 aliphatic heterocycles. The highest BCUT2D eigenvalue weighted by Gasteiger charge is 2.63. The van der Waals surface area contributed by atoms with Gasteiger partial charge in [-0.2, -0.15) is 22.0 Å². The highest BCUT2D eigenvalue weighted by molar-refractivity contribution is 5.57. The fraction of sp³-hybridized carbons (Fsp3) is 0.833. The van der Waals surface area contributed by atoms with Crippen molar-refractivity contribution in [3.63, 3.8) is 0 Å². The first-order valence-electron chi connectivity index (χ1n) is 3.47. The van der Waals surface area contributed by atoms with Crippen molar-refractivity contribution in [3.05, 3.63) is 0 Å². The summed E-state index contributed by atoms with van der Waals surface area (Å²) in [5.74, 6) is -5.17. The van der Waals surface area contributed by atoms with Gasteiger partial charge in [0.25, 0.3) is 0 Å². The molecule has 0 aromatic carbocycles. The molecule has 1 unspecified atom stereocenters. The van der Waals surface area contributed by atoms with Crippen LogP contribution in [0, 0.1) is 0 Å². The molecule has 0 aromatic heterocycles. The largest absolute Gasteiger partial charge is 0.506 e. The molecule has 0 amide bonds. The number of hydrogen-bond donors (Lipinski definition) is 1. The van der Waals surface area contributed by atoms with E-state index in [1.54, 1.807) is 0 Å². The summed E-state index contributed by atoms with van der Waals surface area (Å²) in [4.78, 5) is 9.82. The molecule has 0 saturated heterocycles. The highest BCUT2D eigenvalue weighted by atomic mass is 19.4. The molecule has 0 aromatic rings. The molecule has 84 valence electrons. The van der Waals surface area contributed by atoms with E-state index in [2.05, 4.69) is 4.74 Å². The monoisotopic (exact) mass is 222 g/mol. The van der Waals surface area contributed by atoms with E-state index in [0.717, 1.165) is 6.92 Å². The average molecular weight is 222 g/mol. The van der Waals surface area contributed by atoms with Gasteiger partial charge < -0.3 is 9.84 Å². The first kappa shape index (κ1) is 12.9. The lowest BCUT2D eigenvalue weighted by Gasteiger charge is -2.26. The third-order valence-corrected chi connectivity index (χ3v) is 1.40. The van der Waals surface area contributed by atoms with E-state index < -0.39 is 30.8 Å². The van der Waals surface area contributed by atoms with Gasteiger partial charge in [-0.1, -0.05) is 6.92 Å². The second-order valence-corrected chi connectivity index (χ2v) is 2.40. The van der Waals surface area contributed by atoms with Crippen LogP contribution in [0.15, 0.2) is 0 Å². The van der Waals surface area contributed by atoms with Crippen molar-refractivity contribution in [2.75, 3.05) is 0 Å². The Morgan fingerprint density at radius 3 is 2.00 bits per heavy atom. The van der Waals surface area contributed by atoms with Crippen LogP contribution in [-0.2, 0) is 4.74 Å². The maximum atomic E-state index is 12.4. The van der Waals surface area contributed by atoms with Crippen LogP contribution < -0.4 is 0 Å². The zero-order valence-electron chi connectivity index (χ0n) is 6.94. The van der Waals surface area contributed by atoms with Crippen molar-refractivity contribution in [2.24, 2.45) is 0 Å². The van der Waals surface area contributed by atoms with Gasteiger partial charge in [0, 0.05) is 0 Å². The highest BCUT2D eigenvalue weighted by Crippen LogP contribution is 2.40. The first-order valence-corrected chi connectivity index (χ1v) is 3.47. The Morgan fingerprint density at radius 1 is 1.36 bits per heavy atom. The van der Waals surface area contributed by atoms with Gasteiger partial charge in [-0.15, -0.1) is 0 Å². The fourth-order valence-corrected chi connectivity index (χ4v) is 0.718. The molecule has 1 atom stereocenters. The van der Waals surface area contributed by atoms with E-state index in [-0.39, 0.29) is 0 Å². The standard InChI is InChI=1S/C6H7F5O3/c1-2-3(14-4(12)13)5(7,8)6(9,10)11/h3H,2H2,1H3,(H,12,13). The number of ether oxygens (including phenoxy) is 1. The maximum absolute atomic E-state index is 12.4. The van der Waals surface area contributed by atoms with E-state index in [4.69, 9.17) is 5.11 Å². The van der Waals surface area contributed by atoms with Gasteiger partial charge in [0.05, 0.1) is 0 Å². The molecule has 0 bridgehead atoms. The number of alkyl halides is 5. The molecule has 0 spiro atoms. The fourth-order valence-electron chi connectivity index (χ4n) is 0.718. The number of halogens is 5. The topological polar surface area (TPSA) is 46.5 Å². The van der Waals surface area contributed by atoms with Gasteiger partial charge in [-0.05, 0) is 6.42 Å². The molecular formula is C6H7F5O3. The number of carbonyl (C=O) groups is 1. The minimum Gasteiger partial charge on any atom is -0.450 e. The quantitative estimate of drug-likeness (QED) is 0.589. The zero-order chi connectivity index (χ0) is 11.6. The zero-order valence-corrected chi connectivity index (χ0v) is 6.94. The SMILES string of the molecule is CCC(OC(=O)O)C(F)(F)C(F)(F)F. The third-order valence-electron chi connectivity index (χ3n) is 1.40. The summed E-state index contributed by atoms with van der Waals surface area (Å²) in [5, 5.41) is 7.92. The Kier molecular flexibility index (Phi) is 3.66. The van der Waals surface area contributed by atoms with Crippen molar-refractivity contribution in [1.82, 2.24) is 0 Å². The summed E-state index contributed by atoms with van der Waals surface area (Å²) in [6.45, 7) is 0.966. The van der Waals surface area contributed by atoms with E-state index in [1.165, 1.54) is 0 Å². The van der Waals surface area contributed by atoms with Crippen LogP contribution in [0.5, 0.6) is 0 Å². The maximum Gasteiger partial charge on any atom is 0.506 e. The van der Waals surface area contributed by atoms with Crippen LogP contribution in [-0.4, -0.2) is 29.5 Å². The lowest BCUT2D eigenvalue weighted by atomic mass is 10.1. The van der Waals surface area contributed by atoms with Crippen molar-refractivity contribution in [2.45, 2.75) is 31.5 Å². The van der Waals surface area contributed by atoms with Crippen molar-refractivity contribution >= 4 is 6.16 Å². The molecule has 0 rings (SSSR count). The van der Waals surface area contributed by atoms with Crippen LogP contribution in [0.25, 0.3) is 0 Å². The summed E-state index contributed by atoms with van der Waals surface area (Å²) in [6, 6.07) is 0. The average Bonchev–Trinajstić information content (AvgIpc) is 1.97. The molecule has 0 aliphatic carbocycles. The molecule has 0 aliphatic rings. The van der Waals surface area contributed by atoms with Gasteiger partial charge in [-0.3, -0.25) is 0 Å². The Hall–Kier alpha value is -1.08. The van der Waals surface area contributed by atoms with Crippen LogP contribution in [0.2, 0.25) is 0 Å². The molecular weight excluding hydrogens is 215 g/mol. The predicted molar refractivity (Wildman–Crippen MR) is 34.2 cm³/mol. The van der Waals surface area contributed by atoms with Gasteiger partial charge in [0.1, 0.15) is 0 Å². The molecule has 14 heavy (non-hydrogen) atoms. The smallest absolute Gasteiger partial charge is 0.450 e. The van der Waals surface area contributed by atoms with Crippen LogP contribution in [0.4, 0.5) is 26.7 Å². The van der Waals surface area contributed by atoms with E-state index in [1.807, 2.05) is 0 Å². The number of carboxylic acid groups (broad SMARTS) is 1. The first-order chi connectivity index (χ1) is 6.13. The van der Waals surface area contributed by atoms with Gasteiger partial charge in [0.2, 0.25) is 0 Å². The van der Waals surface area contributed by atoms with Crippen molar-refractivity contribution < 1.29 is 36.6 Å². The van der Waals surface area contributed by atoms with Crippen molar-refractivity contribution in [1.29, 1.82) is 0 Å². The lowest BCUT2D eigenvalue weighted by molar-refractivity contribution is -0.313. The van der Waals surface area contributed by atoms with Gasteiger partial charge >= 0.3 is 18.3 Å². The van der Waals surface area contributed by atoms with Crippen LogP contribution in [0.3, 0.4) is 0 Å². The molecule has 8 heteroatoms. The summed E-state index contributed by atoms with van der Waals surface area (Å²) < 4.78 is 63.4. The molecule has 3 nitrogen and oxygen atoms in total. The minimum atomic E-state index is -5.82. The van der Waals surface area contributed by atoms with E-state index in [0.29, 0.717) is 0 Å². The Labute approximate surface area is 75.5 Å². The van der Waals surface area contributed by atoms with Gasteiger partial charge in [0.15, 0.2) is 6.10 Å². The second kappa shape index (κ2) is 3.97. The molecule has 1 N–H and O–H groups in total. The number of rotatable bonds is 3. The summed E-state index contributed by atoms with van der Waals surface area (Å²) >= 11 is 0. The summed E-state index contributed by atoms with van der Waals surface area (Å²) in [7, 11) is 0. The minimum absolute atomic E-state index is 0.765. The number of hydrogen-bond acceptors (Lipinski definition) is 2. The summed E-state index contributed by atoms with van der Waals surface area (Å²) in [5.41, 5.74) is 0. The summed E-state index contributed by atoms with van der Waals surface area (Å²) in [6.07, 6.45) is -11.5. The normalized spacial score (nSPS) is 15.0. The Bertz CT molecular complexity index is 212. The Morgan fingerprint density at radius 2 is 1.79 bits per heavy atom. The Balaban J connectivity index is 4.74. The third kappa shape index (κ3) is 2.71. The van der Waals surface area contributed by atoms with Crippen LogP contribution in [0.1, 0.15) is 13.3 Å². The molecule has 0 radical (unpaired) electrons. The molecule has 0 heterocycles.